The van der Waals surface area contributed by atoms with E-state index in [1.54, 1.807) is 12.2 Å². The summed E-state index contributed by atoms with van der Waals surface area (Å²) in [6.07, 6.45) is 8.07. The number of nitrogens with one attached hydrogen (secondary N) is 2. The lowest BCUT2D eigenvalue weighted by Gasteiger charge is -2.15. The van der Waals surface area contributed by atoms with Gasteiger partial charge in [-0.15, -0.1) is 0 Å². The summed E-state index contributed by atoms with van der Waals surface area (Å²) in [5.74, 6) is 6.46. The summed E-state index contributed by atoms with van der Waals surface area (Å²) in [4.78, 5) is 10.9. The Balaban J connectivity index is 3.31. The fourth-order valence-corrected chi connectivity index (χ4v) is 2.15. The lowest BCUT2D eigenvalue weighted by molar-refractivity contribution is -0.426. The van der Waals surface area contributed by atoms with E-state index in [-0.39, 0.29) is 16.0 Å². The second-order valence-electron chi connectivity index (χ2n) is 6.85. The topological polar surface area (TPSA) is 70.4 Å². The molecule has 0 amide bonds. The van der Waals surface area contributed by atoms with Crippen LogP contribution in [0, 0.1) is 27.4 Å². The number of likely N-dealkylation sites (N-methyl/N-ethyl adjacent to an activating group) is 1. The molecule has 0 aromatic rings. The third-order valence-electron chi connectivity index (χ3n) is 3.48. The normalized spacial score (nSPS) is 15.1. The Hall–Kier alpha value is -2.52. The molecule has 0 bridgehead atoms. The molecule has 0 saturated heterocycles. The summed E-state index contributed by atoms with van der Waals surface area (Å²) in [5.41, 5.74) is 5.67. The van der Waals surface area contributed by atoms with E-state index in [0.717, 1.165) is 16.8 Å². The van der Waals surface area contributed by atoms with Crippen molar-refractivity contribution >= 4 is 0 Å². The molecule has 1 aliphatic rings. The average Bonchev–Trinajstić information content (AvgIpc) is 2.73. The maximum Gasteiger partial charge on any atom is 0.250 e. The Morgan fingerprint density at radius 1 is 1.44 bits per heavy atom. The standard InChI is InChI=1S/C19H28N4O2/c1-19(2,3)11-10-15(14-22(6)21-5)12-16-13-17(23(24)25)8-7-9-18(16)20-4/h7,9,13-14,20-21H,8,12H2,1-6H3/b15-14-. The van der Waals surface area contributed by atoms with Crippen molar-refractivity contribution in [2.45, 2.75) is 33.6 Å². The molecule has 0 unspecified atom stereocenters. The summed E-state index contributed by atoms with van der Waals surface area (Å²) in [6.45, 7) is 6.16. The van der Waals surface area contributed by atoms with E-state index in [4.69, 9.17) is 0 Å². The van der Waals surface area contributed by atoms with Crippen molar-refractivity contribution in [2.24, 2.45) is 5.41 Å². The van der Waals surface area contributed by atoms with Gasteiger partial charge in [0.1, 0.15) is 0 Å². The third-order valence-corrected chi connectivity index (χ3v) is 3.48. The predicted octanol–water partition coefficient (Wildman–Crippen LogP) is 2.97. The van der Waals surface area contributed by atoms with Crippen molar-refractivity contribution in [3.05, 3.63) is 57.1 Å². The highest BCUT2D eigenvalue weighted by Crippen LogP contribution is 2.23. The first-order valence-corrected chi connectivity index (χ1v) is 8.22. The molecule has 6 nitrogen and oxygen atoms in total. The smallest absolute Gasteiger partial charge is 0.250 e. The van der Waals surface area contributed by atoms with Crippen molar-refractivity contribution < 1.29 is 4.92 Å². The van der Waals surface area contributed by atoms with Gasteiger partial charge >= 0.3 is 0 Å². The molecule has 0 heterocycles. The van der Waals surface area contributed by atoms with E-state index < -0.39 is 0 Å². The highest BCUT2D eigenvalue weighted by molar-refractivity contribution is 5.43. The molecule has 25 heavy (non-hydrogen) atoms. The minimum Gasteiger partial charge on any atom is -0.388 e. The molecule has 0 aromatic carbocycles. The number of hydrazine groups is 1. The van der Waals surface area contributed by atoms with Gasteiger partial charge in [0.05, 0.1) is 11.3 Å². The molecule has 0 aliphatic heterocycles. The average molecular weight is 344 g/mol. The Bertz CT molecular complexity index is 682. The maximum absolute atomic E-state index is 11.2. The number of rotatable bonds is 6. The highest BCUT2D eigenvalue weighted by Gasteiger charge is 2.16. The zero-order chi connectivity index (χ0) is 19.0. The summed E-state index contributed by atoms with van der Waals surface area (Å²) < 4.78 is 0. The fourth-order valence-electron chi connectivity index (χ4n) is 2.15. The van der Waals surface area contributed by atoms with Gasteiger partial charge in [0.2, 0.25) is 5.70 Å². The quantitative estimate of drug-likeness (QED) is 0.440. The van der Waals surface area contributed by atoms with Crippen LogP contribution in [0.4, 0.5) is 0 Å². The molecule has 0 saturated carbocycles. The van der Waals surface area contributed by atoms with Crippen molar-refractivity contribution in [1.29, 1.82) is 0 Å². The summed E-state index contributed by atoms with van der Waals surface area (Å²) in [5, 5.41) is 16.2. The van der Waals surface area contributed by atoms with E-state index in [0.29, 0.717) is 12.8 Å². The number of hydrogen-bond donors (Lipinski definition) is 2. The van der Waals surface area contributed by atoms with Crippen LogP contribution in [-0.2, 0) is 0 Å². The van der Waals surface area contributed by atoms with Gasteiger partial charge < -0.3 is 10.3 Å². The number of allylic oxidation sites excluding steroid dienone is 5. The minimum atomic E-state index is -0.327. The number of nitrogens with zero attached hydrogens (tertiary/aromatic N) is 2. The second kappa shape index (κ2) is 9.09. The van der Waals surface area contributed by atoms with Crippen LogP contribution in [0.1, 0.15) is 33.6 Å². The summed E-state index contributed by atoms with van der Waals surface area (Å²) in [7, 11) is 5.52. The van der Waals surface area contributed by atoms with Gasteiger partial charge in [-0.1, -0.05) is 17.9 Å². The fraction of sp³-hybridized carbons (Fsp3) is 0.474. The van der Waals surface area contributed by atoms with Crippen molar-refractivity contribution in [2.75, 3.05) is 21.1 Å². The van der Waals surface area contributed by atoms with Crippen LogP contribution >= 0.6 is 0 Å². The molecule has 1 aliphatic carbocycles. The van der Waals surface area contributed by atoms with Gasteiger partial charge in [0.15, 0.2) is 0 Å². The largest absolute Gasteiger partial charge is 0.388 e. The van der Waals surface area contributed by atoms with E-state index in [9.17, 15) is 10.1 Å². The lowest BCUT2D eigenvalue weighted by Crippen LogP contribution is -2.25. The van der Waals surface area contributed by atoms with Crippen molar-refractivity contribution in [3.8, 4) is 11.8 Å². The number of hydrogen-bond acceptors (Lipinski definition) is 5. The number of nitro groups is 1. The van der Waals surface area contributed by atoms with Crippen molar-refractivity contribution in [3.63, 3.8) is 0 Å². The van der Waals surface area contributed by atoms with Gasteiger partial charge in [-0.3, -0.25) is 10.1 Å². The van der Waals surface area contributed by atoms with Crippen LogP contribution in [0.5, 0.6) is 0 Å². The molecule has 0 fully saturated rings. The molecule has 0 aromatic heterocycles. The van der Waals surface area contributed by atoms with E-state index in [2.05, 4.69) is 43.4 Å². The van der Waals surface area contributed by atoms with Crippen LogP contribution < -0.4 is 10.7 Å². The monoisotopic (exact) mass is 344 g/mol. The van der Waals surface area contributed by atoms with Gasteiger partial charge in [-0.25, -0.2) is 5.43 Å². The van der Waals surface area contributed by atoms with E-state index in [1.807, 2.05) is 38.4 Å². The lowest BCUT2D eigenvalue weighted by atomic mass is 9.96. The van der Waals surface area contributed by atoms with Gasteiger partial charge in [-0.2, -0.15) is 0 Å². The second-order valence-corrected chi connectivity index (χ2v) is 6.85. The first-order valence-electron chi connectivity index (χ1n) is 8.22. The van der Waals surface area contributed by atoms with Gasteiger partial charge in [-0.05, 0) is 32.4 Å². The first-order chi connectivity index (χ1) is 11.7. The summed E-state index contributed by atoms with van der Waals surface area (Å²) in [6, 6.07) is 0. The maximum atomic E-state index is 11.2. The van der Waals surface area contributed by atoms with Crippen LogP contribution in [-0.4, -0.2) is 31.1 Å². The molecule has 0 atom stereocenters. The van der Waals surface area contributed by atoms with Crippen LogP contribution in [0.2, 0.25) is 0 Å². The highest BCUT2D eigenvalue weighted by atomic mass is 16.6. The van der Waals surface area contributed by atoms with Gasteiger partial charge in [0, 0.05) is 56.5 Å². The molecule has 0 spiro atoms. The minimum absolute atomic E-state index is 0.122. The molecule has 0 radical (unpaired) electrons. The molecular formula is C19H28N4O2. The zero-order valence-corrected chi connectivity index (χ0v) is 15.9. The van der Waals surface area contributed by atoms with Crippen LogP contribution in [0.3, 0.4) is 0 Å². The Labute approximate surface area is 150 Å². The SMILES string of the molecule is CNC1=C(C/C(C#CC(C)(C)C)=C\N(C)NC)C=C([N+](=O)[O-])CC=C1. The molecule has 6 heteroatoms. The molecule has 1 rings (SSSR count). The van der Waals surface area contributed by atoms with E-state index in [1.165, 1.54) is 0 Å². The Morgan fingerprint density at radius 3 is 2.64 bits per heavy atom. The van der Waals surface area contributed by atoms with Gasteiger partial charge in [0.25, 0.3) is 0 Å². The first kappa shape index (κ1) is 20.5. The van der Waals surface area contributed by atoms with Crippen LogP contribution in [0.15, 0.2) is 47.0 Å². The van der Waals surface area contributed by atoms with Crippen molar-refractivity contribution in [1.82, 2.24) is 15.8 Å². The molecule has 2 N–H and O–H groups in total. The van der Waals surface area contributed by atoms with Crippen LogP contribution in [0.25, 0.3) is 0 Å². The molecule has 136 valence electrons. The Morgan fingerprint density at radius 2 is 2.12 bits per heavy atom. The Kier molecular flexibility index (Phi) is 7.46. The zero-order valence-electron chi connectivity index (χ0n) is 15.9. The summed E-state index contributed by atoms with van der Waals surface area (Å²) >= 11 is 0. The molecular weight excluding hydrogens is 316 g/mol. The predicted molar refractivity (Wildman–Crippen MR) is 102 cm³/mol. The third kappa shape index (κ3) is 7.27. The van der Waals surface area contributed by atoms with E-state index >= 15 is 0 Å².